The first kappa shape index (κ1) is 29.4. The van der Waals surface area contributed by atoms with Crippen molar-refractivity contribution in [1.29, 1.82) is 0 Å². The number of nitrogens with zero attached hydrogens (tertiary/aromatic N) is 4. The molecule has 0 saturated carbocycles. The summed E-state index contributed by atoms with van der Waals surface area (Å²) in [5.74, 6) is -2.36. The summed E-state index contributed by atoms with van der Waals surface area (Å²) in [6.45, 7) is 0.397. The van der Waals surface area contributed by atoms with E-state index in [-0.39, 0.29) is 36.8 Å². The molecule has 5 rings (SSSR count). The lowest BCUT2D eigenvalue weighted by Crippen LogP contribution is -2.28. The van der Waals surface area contributed by atoms with E-state index in [9.17, 15) is 23.5 Å². The Morgan fingerprint density at radius 2 is 1.63 bits per heavy atom. The molecule has 0 saturated heterocycles. The van der Waals surface area contributed by atoms with E-state index < -0.39 is 28.7 Å². The molecule has 0 aliphatic carbocycles. The highest BCUT2D eigenvalue weighted by atomic mass is 35.5. The van der Waals surface area contributed by atoms with Crippen molar-refractivity contribution in [2.45, 2.75) is 19.6 Å². The summed E-state index contributed by atoms with van der Waals surface area (Å²) < 4.78 is 37.0. The second-order valence-electron chi connectivity index (χ2n) is 9.41. The van der Waals surface area contributed by atoms with Crippen LogP contribution in [0.1, 0.15) is 27.2 Å². The summed E-state index contributed by atoms with van der Waals surface area (Å²) in [6, 6.07) is 20.3. The van der Waals surface area contributed by atoms with Crippen LogP contribution in [-0.2, 0) is 19.6 Å². The van der Waals surface area contributed by atoms with Crippen molar-refractivity contribution < 1.29 is 23.4 Å². The number of halogens is 3. The molecule has 1 N–H and O–H groups in total. The molecule has 0 aliphatic rings. The maximum atomic E-state index is 14.6. The van der Waals surface area contributed by atoms with Gasteiger partial charge in [0.05, 0.1) is 25.0 Å². The standard InChI is InChI=1S/C30H26F2N4O4.ClH/c1-34(15-19-7-4-3-5-8-19)18-26-27(20-11-13-21(40-2)14-12-20)33-30-35(16-22-24(31)9-6-10-25(22)32)17-23(29(38)39)28(37)36(26)30;/h3-14,17H,15-16,18H2,1-2H3,(H,38,39);1H. The number of carboxylic acids is 1. The topological polar surface area (TPSA) is 89.1 Å². The molecule has 41 heavy (non-hydrogen) atoms. The van der Waals surface area contributed by atoms with Gasteiger partial charge in [-0.1, -0.05) is 36.4 Å². The third-order valence-corrected chi connectivity index (χ3v) is 6.63. The molecule has 0 atom stereocenters. The van der Waals surface area contributed by atoms with Crippen LogP contribution in [0.15, 0.2) is 83.8 Å². The minimum atomic E-state index is -1.46. The SMILES string of the molecule is COc1ccc(-c2nc3n(Cc4c(F)cccc4F)cc(C(=O)O)c(=O)n3c2CN(C)Cc2ccccc2)cc1.Cl. The minimum Gasteiger partial charge on any atom is -0.497 e. The Balaban J connectivity index is 0.00000387. The largest absolute Gasteiger partial charge is 0.497 e. The lowest BCUT2D eigenvalue weighted by atomic mass is 10.1. The Bertz CT molecular complexity index is 1730. The van der Waals surface area contributed by atoms with E-state index in [4.69, 9.17) is 9.72 Å². The molecule has 0 aliphatic heterocycles. The number of aromatic carboxylic acids is 1. The first-order valence-electron chi connectivity index (χ1n) is 12.4. The smallest absolute Gasteiger partial charge is 0.342 e. The van der Waals surface area contributed by atoms with Gasteiger partial charge in [0.15, 0.2) is 0 Å². The number of aromatic nitrogens is 3. The number of fused-ring (bicyclic) bond motifs is 1. The molecule has 3 aromatic carbocycles. The van der Waals surface area contributed by atoms with Gasteiger partial charge in [-0.2, -0.15) is 0 Å². The van der Waals surface area contributed by atoms with Gasteiger partial charge in [-0.05, 0) is 49.0 Å². The first-order chi connectivity index (χ1) is 19.3. The first-order valence-corrected chi connectivity index (χ1v) is 12.4. The molecule has 0 amide bonds. The van der Waals surface area contributed by atoms with Crippen molar-refractivity contribution in [3.05, 3.63) is 123 Å². The van der Waals surface area contributed by atoms with Gasteiger partial charge in [-0.3, -0.25) is 9.69 Å². The summed E-state index contributed by atoms with van der Waals surface area (Å²) in [7, 11) is 3.42. The Morgan fingerprint density at radius 3 is 2.24 bits per heavy atom. The van der Waals surface area contributed by atoms with Crippen LogP contribution in [-0.4, -0.2) is 44.1 Å². The highest BCUT2D eigenvalue weighted by molar-refractivity contribution is 5.87. The lowest BCUT2D eigenvalue weighted by molar-refractivity contribution is 0.0693. The van der Waals surface area contributed by atoms with Crippen LogP contribution in [0.4, 0.5) is 8.78 Å². The summed E-state index contributed by atoms with van der Waals surface area (Å²) in [5, 5.41) is 9.85. The summed E-state index contributed by atoms with van der Waals surface area (Å²) in [5.41, 5.74) is 0.967. The molecule has 0 fully saturated rings. The zero-order valence-corrected chi connectivity index (χ0v) is 23.1. The zero-order valence-electron chi connectivity index (χ0n) is 22.3. The van der Waals surface area contributed by atoms with Crippen LogP contribution in [0.2, 0.25) is 0 Å². The molecule has 11 heteroatoms. The average molecular weight is 581 g/mol. The monoisotopic (exact) mass is 580 g/mol. The van der Waals surface area contributed by atoms with E-state index in [0.717, 1.165) is 23.9 Å². The van der Waals surface area contributed by atoms with Crippen LogP contribution >= 0.6 is 12.4 Å². The second-order valence-corrected chi connectivity index (χ2v) is 9.41. The molecular weight excluding hydrogens is 554 g/mol. The molecule has 0 spiro atoms. The molecule has 0 radical (unpaired) electrons. The highest BCUT2D eigenvalue weighted by Gasteiger charge is 2.24. The maximum Gasteiger partial charge on any atom is 0.342 e. The number of carbonyl (C=O) groups is 1. The average Bonchev–Trinajstić information content (AvgIpc) is 3.32. The van der Waals surface area contributed by atoms with E-state index in [1.165, 1.54) is 15.0 Å². The number of carboxylic acid groups (broad SMARTS) is 1. The Labute approximate surface area is 240 Å². The van der Waals surface area contributed by atoms with Crippen LogP contribution < -0.4 is 10.3 Å². The van der Waals surface area contributed by atoms with E-state index >= 15 is 0 Å². The third kappa shape index (κ3) is 5.98. The zero-order chi connectivity index (χ0) is 28.4. The van der Waals surface area contributed by atoms with Crippen LogP contribution in [0.3, 0.4) is 0 Å². The molecular formula is C30H27ClF2N4O4. The lowest BCUT2D eigenvalue weighted by Gasteiger charge is -2.18. The van der Waals surface area contributed by atoms with Gasteiger partial charge in [0, 0.05) is 30.4 Å². The number of hydrogen-bond donors (Lipinski definition) is 1. The van der Waals surface area contributed by atoms with Crippen molar-refractivity contribution in [1.82, 2.24) is 18.9 Å². The van der Waals surface area contributed by atoms with Crippen LogP contribution in [0, 0.1) is 11.6 Å². The Kier molecular flexibility index (Phi) is 8.85. The van der Waals surface area contributed by atoms with E-state index in [1.54, 1.807) is 31.4 Å². The number of rotatable bonds is 9. The molecule has 2 aromatic heterocycles. The third-order valence-electron chi connectivity index (χ3n) is 6.63. The minimum absolute atomic E-state index is 0. The number of benzene rings is 3. The van der Waals surface area contributed by atoms with E-state index in [2.05, 4.69) is 0 Å². The second kappa shape index (κ2) is 12.3. The predicted molar refractivity (Wildman–Crippen MR) is 153 cm³/mol. The number of methoxy groups -OCH3 is 1. The fraction of sp³-hybridized carbons (Fsp3) is 0.167. The number of ether oxygens (including phenoxy) is 1. The fourth-order valence-corrected chi connectivity index (χ4v) is 4.69. The normalized spacial score (nSPS) is 11.0. The van der Waals surface area contributed by atoms with Gasteiger partial charge in [0.2, 0.25) is 5.78 Å². The van der Waals surface area contributed by atoms with Gasteiger partial charge >= 0.3 is 5.97 Å². The van der Waals surface area contributed by atoms with Crippen LogP contribution in [0.25, 0.3) is 17.0 Å². The number of hydrogen-bond acceptors (Lipinski definition) is 5. The summed E-state index contributed by atoms with van der Waals surface area (Å²) in [6.07, 6.45) is 1.08. The van der Waals surface area contributed by atoms with Crippen molar-refractivity contribution in [2.75, 3.05) is 14.2 Å². The van der Waals surface area contributed by atoms with Gasteiger partial charge in [-0.15, -0.1) is 12.4 Å². The van der Waals surface area contributed by atoms with Crippen molar-refractivity contribution in [2.24, 2.45) is 0 Å². The van der Waals surface area contributed by atoms with Gasteiger partial charge in [0.1, 0.15) is 22.9 Å². The highest BCUT2D eigenvalue weighted by Crippen LogP contribution is 2.28. The summed E-state index contributed by atoms with van der Waals surface area (Å²) >= 11 is 0. The van der Waals surface area contributed by atoms with E-state index in [0.29, 0.717) is 29.2 Å². The van der Waals surface area contributed by atoms with Crippen molar-refractivity contribution in [3.63, 3.8) is 0 Å². The Morgan fingerprint density at radius 1 is 0.976 bits per heavy atom. The quantitative estimate of drug-likeness (QED) is 0.256. The molecule has 5 aromatic rings. The molecule has 0 unspecified atom stereocenters. The molecule has 212 valence electrons. The Hall–Kier alpha value is -4.54. The molecule has 8 nitrogen and oxygen atoms in total. The van der Waals surface area contributed by atoms with E-state index in [1.807, 2.05) is 42.3 Å². The molecule has 0 bridgehead atoms. The van der Waals surface area contributed by atoms with Gasteiger partial charge in [-0.25, -0.2) is 23.0 Å². The van der Waals surface area contributed by atoms with Gasteiger partial charge < -0.3 is 14.4 Å². The molecule has 2 heterocycles. The number of imidazole rings is 1. The fourth-order valence-electron chi connectivity index (χ4n) is 4.69. The maximum absolute atomic E-state index is 14.6. The van der Waals surface area contributed by atoms with Gasteiger partial charge in [0.25, 0.3) is 5.56 Å². The van der Waals surface area contributed by atoms with Crippen molar-refractivity contribution in [3.8, 4) is 17.0 Å². The predicted octanol–water partition coefficient (Wildman–Crippen LogP) is 5.25. The van der Waals surface area contributed by atoms with Crippen molar-refractivity contribution >= 4 is 24.2 Å². The van der Waals surface area contributed by atoms with Crippen LogP contribution in [0.5, 0.6) is 5.75 Å². The summed E-state index contributed by atoms with van der Waals surface area (Å²) in [4.78, 5) is 32.4.